The Labute approximate surface area is 89.7 Å². The van der Waals surface area contributed by atoms with Crippen molar-refractivity contribution in [3.8, 4) is 0 Å². The molecule has 6 heteroatoms. The molecule has 0 aliphatic rings. The number of aliphatic hydroxyl groups is 6. The molecule has 0 aliphatic carbocycles. The SMILES string of the molecule is C=C.OCC(CO)(CO)CO.OCCO. The summed E-state index contributed by atoms with van der Waals surface area (Å²) in [6, 6.07) is 0. The first-order valence-electron chi connectivity index (χ1n) is 4.31. The van der Waals surface area contributed by atoms with Crippen LogP contribution in [0, 0.1) is 5.41 Å². The van der Waals surface area contributed by atoms with E-state index in [1.807, 2.05) is 0 Å². The summed E-state index contributed by atoms with van der Waals surface area (Å²) in [6.45, 7) is 4.12. The lowest BCUT2D eigenvalue weighted by molar-refractivity contribution is -0.0328. The fourth-order valence-corrected chi connectivity index (χ4v) is 0.300. The van der Waals surface area contributed by atoms with E-state index < -0.39 is 31.8 Å². The van der Waals surface area contributed by atoms with Gasteiger partial charge in [0.25, 0.3) is 0 Å². The molecule has 0 amide bonds. The van der Waals surface area contributed by atoms with Crippen molar-refractivity contribution in [1.29, 1.82) is 0 Å². The summed E-state index contributed by atoms with van der Waals surface area (Å²) >= 11 is 0. The highest BCUT2D eigenvalue weighted by molar-refractivity contribution is 4.74. The van der Waals surface area contributed by atoms with Crippen LogP contribution in [0.5, 0.6) is 0 Å². The Balaban J connectivity index is -0.000000202. The number of hydrogen-bond donors (Lipinski definition) is 6. The van der Waals surface area contributed by atoms with Gasteiger partial charge >= 0.3 is 0 Å². The molecule has 0 unspecified atom stereocenters. The summed E-state index contributed by atoms with van der Waals surface area (Å²) in [5.41, 5.74) is -1.11. The minimum absolute atomic E-state index is 0.125. The van der Waals surface area contributed by atoms with Gasteiger partial charge in [0.2, 0.25) is 0 Å². The summed E-state index contributed by atoms with van der Waals surface area (Å²) in [5, 5.41) is 49.2. The first kappa shape index (κ1) is 20.0. The van der Waals surface area contributed by atoms with E-state index >= 15 is 0 Å². The van der Waals surface area contributed by atoms with E-state index in [0.29, 0.717) is 0 Å². The van der Waals surface area contributed by atoms with Crippen molar-refractivity contribution in [3.05, 3.63) is 13.2 Å². The monoisotopic (exact) mass is 226 g/mol. The minimum atomic E-state index is -1.11. The fraction of sp³-hybridized carbons (Fsp3) is 0.778. The first-order chi connectivity index (χ1) is 7.16. The molecule has 0 bridgehead atoms. The predicted molar refractivity (Wildman–Crippen MR) is 56.2 cm³/mol. The van der Waals surface area contributed by atoms with Crippen LogP contribution < -0.4 is 0 Å². The van der Waals surface area contributed by atoms with Crippen molar-refractivity contribution in [2.24, 2.45) is 5.41 Å². The Bertz CT molecular complexity index is 85.3. The average Bonchev–Trinajstić information content (AvgIpc) is 2.35. The van der Waals surface area contributed by atoms with Crippen molar-refractivity contribution in [3.63, 3.8) is 0 Å². The number of rotatable bonds is 5. The van der Waals surface area contributed by atoms with Gasteiger partial charge in [-0.3, -0.25) is 0 Å². The molecule has 0 atom stereocenters. The number of aliphatic hydroxyl groups excluding tert-OH is 6. The summed E-state index contributed by atoms with van der Waals surface area (Å²) in [7, 11) is 0. The van der Waals surface area contributed by atoms with E-state index in [1.54, 1.807) is 0 Å². The quantitative estimate of drug-likeness (QED) is 0.294. The molecule has 6 nitrogen and oxygen atoms in total. The third-order valence-electron chi connectivity index (χ3n) is 1.44. The Kier molecular flexibility index (Phi) is 21.2. The van der Waals surface area contributed by atoms with Crippen molar-refractivity contribution < 1.29 is 30.6 Å². The normalized spacial score (nSPS) is 9.47. The van der Waals surface area contributed by atoms with Gasteiger partial charge in [0, 0.05) is 0 Å². The first-order valence-corrected chi connectivity index (χ1v) is 4.31. The molecule has 0 saturated heterocycles. The van der Waals surface area contributed by atoms with Gasteiger partial charge in [0.15, 0.2) is 0 Å². The highest BCUT2D eigenvalue weighted by Crippen LogP contribution is 2.11. The van der Waals surface area contributed by atoms with Gasteiger partial charge < -0.3 is 30.6 Å². The van der Waals surface area contributed by atoms with Crippen LogP contribution >= 0.6 is 0 Å². The second kappa shape index (κ2) is 15.9. The van der Waals surface area contributed by atoms with E-state index in [2.05, 4.69) is 13.2 Å². The maximum atomic E-state index is 8.50. The number of hydrogen-bond acceptors (Lipinski definition) is 6. The maximum absolute atomic E-state index is 8.50. The average molecular weight is 226 g/mol. The van der Waals surface area contributed by atoms with Crippen LogP contribution in [0.25, 0.3) is 0 Å². The maximum Gasteiger partial charge on any atom is 0.0662 e. The summed E-state index contributed by atoms with van der Waals surface area (Å²) in [4.78, 5) is 0. The van der Waals surface area contributed by atoms with Gasteiger partial charge in [-0.05, 0) is 0 Å². The van der Waals surface area contributed by atoms with Crippen LogP contribution in [-0.4, -0.2) is 70.3 Å². The molecule has 6 N–H and O–H groups in total. The van der Waals surface area contributed by atoms with E-state index in [0.717, 1.165) is 0 Å². The molecular weight excluding hydrogens is 204 g/mol. The van der Waals surface area contributed by atoms with Crippen LogP contribution in [0.2, 0.25) is 0 Å². The zero-order valence-corrected chi connectivity index (χ0v) is 8.84. The topological polar surface area (TPSA) is 121 Å². The molecule has 0 rings (SSSR count). The van der Waals surface area contributed by atoms with Crippen molar-refractivity contribution in [1.82, 2.24) is 0 Å². The molecule has 0 aromatic heterocycles. The van der Waals surface area contributed by atoms with Crippen molar-refractivity contribution in [2.75, 3.05) is 39.6 Å². The lowest BCUT2D eigenvalue weighted by atomic mass is 9.93. The molecule has 0 spiro atoms. The third-order valence-corrected chi connectivity index (χ3v) is 1.44. The smallest absolute Gasteiger partial charge is 0.0662 e. The molecule has 0 radical (unpaired) electrons. The zero-order valence-electron chi connectivity index (χ0n) is 8.84. The fourth-order valence-electron chi connectivity index (χ4n) is 0.300. The van der Waals surface area contributed by atoms with E-state index in [-0.39, 0.29) is 13.2 Å². The lowest BCUT2D eigenvalue weighted by Crippen LogP contribution is -2.37. The Morgan fingerprint density at radius 1 is 0.600 bits per heavy atom. The van der Waals surface area contributed by atoms with Gasteiger partial charge in [0.05, 0.1) is 45.1 Å². The van der Waals surface area contributed by atoms with Crippen molar-refractivity contribution in [2.45, 2.75) is 0 Å². The van der Waals surface area contributed by atoms with Crippen LogP contribution in [0.3, 0.4) is 0 Å². The minimum Gasteiger partial charge on any atom is -0.396 e. The van der Waals surface area contributed by atoms with E-state index in [9.17, 15) is 0 Å². The van der Waals surface area contributed by atoms with Crippen molar-refractivity contribution >= 4 is 0 Å². The second-order valence-corrected chi connectivity index (χ2v) is 2.58. The standard InChI is InChI=1S/C5H12O4.C2H6O2.C2H4/c6-1-5(2-7,3-8)4-9;3-1-2-4;1-2/h6-9H,1-4H2;3-4H,1-2H2;1-2H2. The molecule has 94 valence electrons. The lowest BCUT2D eigenvalue weighted by Gasteiger charge is -2.23. The Morgan fingerprint density at radius 3 is 0.800 bits per heavy atom. The predicted octanol–water partition coefficient (Wildman–Crippen LogP) is -2.28. The van der Waals surface area contributed by atoms with Crippen LogP contribution in [-0.2, 0) is 0 Å². The summed E-state index contributed by atoms with van der Waals surface area (Å²) in [5.74, 6) is 0. The summed E-state index contributed by atoms with van der Waals surface area (Å²) in [6.07, 6.45) is 0. The van der Waals surface area contributed by atoms with Gasteiger partial charge in [0.1, 0.15) is 0 Å². The molecular formula is C9H22O6. The summed E-state index contributed by atoms with van der Waals surface area (Å²) < 4.78 is 0. The van der Waals surface area contributed by atoms with Crippen LogP contribution in [0.1, 0.15) is 0 Å². The highest BCUT2D eigenvalue weighted by Gasteiger charge is 2.26. The van der Waals surface area contributed by atoms with Crippen LogP contribution in [0.15, 0.2) is 13.2 Å². The molecule has 15 heavy (non-hydrogen) atoms. The Morgan fingerprint density at radius 2 is 0.800 bits per heavy atom. The Hall–Kier alpha value is -0.500. The second-order valence-electron chi connectivity index (χ2n) is 2.58. The van der Waals surface area contributed by atoms with E-state index in [1.165, 1.54) is 0 Å². The molecule has 0 aromatic carbocycles. The molecule has 0 heterocycles. The zero-order chi connectivity index (χ0) is 12.7. The van der Waals surface area contributed by atoms with Gasteiger partial charge in [-0.25, -0.2) is 0 Å². The molecule has 0 saturated carbocycles. The van der Waals surface area contributed by atoms with Gasteiger partial charge in [-0.15, -0.1) is 13.2 Å². The van der Waals surface area contributed by atoms with Crippen LogP contribution in [0.4, 0.5) is 0 Å². The molecule has 0 fully saturated rings. The molecule has 0 aliphatic heterocycles. The van der Waals surface area contributed by atoms with Gasteiger partial charge in [-0.1, -0.05) is 0 Å². The van der Waals surface area contributed by atoms with Gasteiger partial charge in [-0.2, -0.15) is 0 Å². The van der Waals surface area contributed by atoms with E-state index in [4.69, 9.17) is 30.6 Å². The molecule has 0 aromatic rings. The largest absolute Gasteiger partial charge is 0.396 e. The highest BCUT2D eigenvalue weighted by atomic mass is 16.3. The third kappa shape index (κ3) is 11.4.